The van der Waals surface area contributed by atoms with E-state index >= 15 is 0 Å². The van der Waals surface area contributed by atoms with Gasteiger partial charge in [0.2, 0.25) is 0 Å². The Hall–Kier alpha value is -0.540. The Morgan fingerprint density at radius 3 is 2.62 bits per heavy atom. The Morgan fingerprint density at radius 2 is 2.15 bits per heavy atom. The summed E-state index contributed by atoms with van der Waals surface area (Å²) < 4.78 is 1.72. The van der Waals surface area contributed by atoms with Gasteiger partial charge in [-0.05, 0) is 32.7 Å². The Bertz CT molecular complexity index is 281. The molecule has 1 rings (SSSR count). The number of halogens is 1. The van der Waals surface area contributed by atoms with E-state index in [1.165, 1.54) is 0 Å². The molecule has 1 aromatic heterocycles. The lowest BCUT2D eigenvalue weighted by Gasteiger charge is -1.99. The maximum Gasteiger partial charge on any atom is 0.130 e. The van der Waals surface area contributed by atoms with Crippen molar-refractivity contribution in [1.82, 2.24) is 9.78 Å². The largest absolute Gasteiger partial charge is 0.330 e. The first kappa shape index (κ1) is 10.5. The van der Waals surface area contributed by atoms with Crippen molar-refractivity contribution in [2.24, 2.45) is 12.8 Å². The molecule has 0 amide bonds. The van der Waals surface area contributed by atoms with Crippen LogP contribution in [0, 0.1) is 6.92 Å². The molecule has 13 heavy (non-hydrogen) atoms. The molecule has 1 aromatic rings. The van der Waals surface area contributed by atoms with Crippen LogP contribution in [0.3, 0.4) is 0 Å². The third-order valence-electron chi connectivity index (χ3n) is 2.15. The van der Waals surface area contributed by atoms with Gasteiger partial charge in [-0.3, -0.25) is 4.68 Å². The zero-order valence-corrected chi connectivity index (χ0v) is 8.93. The van der Waals surface area contributed by atoms with Gasteiger partial charge < -0.3 is 5.73 Å². The van der Waals surface area contributed by atoms with Crippen LogP contribution in [0.5, 0.6) is 0 Å². The van der Waals surface area contributed by atoms with Gasteiger partial charge in [0.15, 0.2) is 0 Å². The van der Waals surface area contributed by atoms with Crippen molar-refractivity contribution in [1.29, 1.82) is 0 Å². The molecule has 0 bridgehead atoms. The molecule has 0 saturated heterocycles. The highest BCUT2D eigenvalue weighted by molar-refractivity contribution is 6.30. The van der Waals surface area contributed by atoms with E-state index in [2.05, 4.69) is 5.10 Å². The zero-order valence-electron chi connectivity index (χ0n) is 8.18. The molecule has 0 atom stereocenters. The summed E-state index contributed by atoms with van der Waals surface area (Å²) in [5, 5.41) is 5.00. The zero-order chi connectivity index (χ0) is 9.84. The number of hydrogen-bond donors (Lipinski definition) is 1. The number of nitrogens with two attached hydrogens (primary N) is 1. The van der Waals surface area contributed by atoms with Gasteiger partial charge in [-0.25, -0.2) is 0 Å². The van der Waals surface area contributed by atoms with Crippen LogP contribution in [0.1, 0.15) is 24.1 Å². The van der Waals surface area contributed by atoms with Crippen LogP contribution in [0.2, 0.25) is 5.15 Å². The minimum atomic E-state index is 0.747. The topological polar surface area (TPSA) is 43.8 Å². The fourth-order valence-electron chi connectivity index (χ4n) is 1.40. The van der Waals surface area contributed by atoms with E-state index in [9.17, 15) is 0 Å². The van der Waals surface area contributed by atoms with Crippen molar-refractivity contribution >= 4 is 11.6 Å². The maximum absolute atomic E-state index is 6.06. The molecule has 0 aliphatic carbocycles. The minimum Gasteiger partial charge on any atom is -0.330 e. The van der Waals surface area contributed by atoms with Crippen molar-refractivity contribution in [3.8, 4) is 0 Å². The normalized spacial score (nSPS) is 10.8. The molecule has 2 N–H and O–H groups in total. The van der Waals surface area contributed by atoms with Crippen molar-refractivity contribution < 1.29 is 0 Å². The van der Waals surface area contributed by atoms with Gasteiger partial charge >= 0.3 is 0 Å². The third kappa shape index (κ3) is 2.45. The minimum absolute atomic E-state index is 0.747. The van der Waals surface area contributed by atoms with E-state index in [4.69, 9.17) is 17.3 Å². The molecular formula is C9H16ClN3. The van der Waals surface area contributed by atoms with E-state index in [0.29, 0.717) is 0 Å². The highest BCUT2D eigenvalue weighted by atomic mass is 35.5. The van der Waals surface area contributed by atoms with Crippen LogP contribution in [0.15, 0.2) is 0 Å². The Balaban J connectivity index is 2.64. The van der Waals surface area contributed by atoms with E-state index in [1.54, 1.807) is 4.68 Å². The lowest BCUT2D eigenvalue weighted by Crippen LogP contribution is -1.99. The molecule has 0 aliphatic heterocycles. The molecule has 1 heterocycles. The molecule has 0 aromatic carbocycles. The summed E-state index contributed by atoms with van der Waals surface area (Å²) in [7, 11) is 1.86. The second kappa shape index (κ2) is 4.63. The smallest absolute Gasteiger partial charge is 0.130 e. The molecule has 0 aliphatic rings. The first-order chi connectivity index (χ1) is 6.16. The van der Waals surface area contributed by atoms with Gasteiger partial charge in [-0.1, -0.05) is 11.6 Å². The van der Waals surface area contributed by atoms with E-state index < -0.39 is 0 Å². The van der Waals surface area contributed by atoms with Gasteiger partial charge in [-0.2, -0.15) is 5.10 Å². The number of hydrogen-bond acceptors (Lipinski definition) is 2. The Labute approximate surface area is 83.9 Å². The van der Waals surface area contributed by atoms with Crippen molar-refractivity contribution in [2.75, 3.05) is 6.54 Å². The average molecular weight is 202 g/mol. The van der Waals surface area contributed by atoms with Crippen LogP contribution in [0.4, 0.5) is 0 Å². The highest BCUT2D eigenvalue weighted by Gasteiger charge is 2.09. The van der Waals surface area contributed by atoms with Crippen molar-refractivity contribution in [3.63, 3.8) is 0 Å². The van der Waals surface area contributed by atoms with Crippen LogP contribution < -0.4 is 5.73 Å². The Kier molecular flexibility index (Phi) is 3.75. The van der Waals surface area contributed by atoms with E-state index in [-0.39, 0.29) is 0 Å². The summed E-state index contributed by atoms with van der Waals surface area (Å²) in [6, 6.07) is 0. The summed E-state index contributed by atoms with van der Waals surface area (Å²) in [5.41, 5.74) is 7.62. The highest BCUT2D eigenvalue weighted by Crippen LogP contribution is 2.20. The first-order valence-corrected chi connectivity index (χ1v) is 4.92. The van der Waals surface area contributed by atoms with Crippen LogP contribution in [0.25, 0.3) is 0 Å². The average Bonchev–Trinajstić information content (AvgIpc) is 2.32. The number of aromatic nitrogens is 2. The second-order valence-electron chi connectivity index (χ2n) is 3.22. The molecule has 0 unspecified atom stereocenters. The quantitative estimate of drug-likeness (QED) is 0.754. The third-order valence-corrected chi connectivity index (χ3v) is 2.62. The first-order valence-electron chi connectivity index (χ1n) is 4.55. The number of rotatable bonds is 4. The molecule has 0 spiro atoms. The SMILES string of the molecule is Cc1nn(C)c(Cl)c1CCCCN. The Morgan fingerprint density at radius 1 is 1.46 bits per heavy atom. The van der Waals surface area contributed by atoms with Crippen LogP contribution >= 0.6 is 11.6 Å². The summed E-state index contributed by atoms with van der Waals surface area (Å²) >= 11 is 6.06. The predicted molar refractivity (Wildman–Crippen MR) is 54.9 cm³/mol. The van der Waals surface area contributed by atoms with E-state index in [0.717, 1.165) is 42.2 Å². The molecule has 0 radical (unpaired) electrons. The second-order valence-corrected chi connectivity index (χ2v) is 3.58. The van der Waals surface area contributed by atoms with Crippen molar-refractivity contribution in [3.05, 3.63) is 16.4 Å². The van der Waals surface area contributed by atoms with Crippen LogP contribution in [-0.2, 0) is 13.5 Å². The molecule has 0 fully saturated rings. The standard InChI is InChI=1S/C9H16ClN3/c1-7-8(5-3-4-6-11)9(10)13(2)12-7/h3-6,11H2,1-2H3. The van der Waals surface area contributed by atoms with Gasteiger partial charge in [0, 0.05) is 12.6 Å². The summed E-state index contributed by atoms with van der Waals surface area (Å²) in [6.45, 7) is 2.74. The van der Waals surface area contributed by atoms with Gasteiger partial charge in [0.25, 0.3) is 0 Å². The summed E-state index contributed by atoms with van der Waals surface area (Å²) in [6.07, 6.45) is 3.11. The molecule has 4 heteroatoms. The number of unbranched alkanes of at least 4 members (excludes halogenated alkanes) is 1. The fourth-order valence-corrected chi connectivity index (χ4v) is 1.67. The number of aryl methyl sites for hydroxylation is 2. The van der Waals surface area contributed by atoms with Gasteiger partial charge in [-0.15, -0.1) is 0 Å². The summed E-state index contributed by atoms with van der Waals surface area (Å²) in [4.78, 5) is 0. The van der Waals surface area contributed by atoms with Crippen molar-refractivity contribution in [2.45, 2.75) is 26.2 Å². The fraction of sp³-hybridized carbons (Fsp3) is 0.667. The molecule has 74 valence electrons. The van der Waals surface area contributed by atoms with Gasteiger partial charge in [0.05, 0.1) is 5.69 Å². The lowest BCUT2D eigenvalue weighted by atomic mass is 10.1. The predicted octanol–water partition coefficient (Wildman–Crippen LogP) is 1.66. The van der Waals surface area contributed by atoms with Gasteiger partial charge in [0.1, 0.15) is 5.15 Å². The number of nitrogens with zero attached hydrogens (tertiary/aromatic N) is 2. The lowest BCUT2D eigenvalue weighted by molar-refractivity contribution is 0.741. The molecular weight excluding hydrogens is 186 g/mol. The molecule has 3 nitrogen and oxygen atoms in total. The monoisotopic (exact) mass is 201 g/mol. The van der Waals surface area contributed by atoms with Crippen LogP contribution in [-0.4, -0.2) is 16.3 Å². The summed E-state index contributed by atoms with van der Waals surface area (Å²) in [5.74, 6) is 0. The maximum atomic E-state index is 6.06. The van der Waals surface area contributed by atoms with E-state index in [1.807, 2.05) is 14.0 Å². The molecule has 0 saturated carbocycles.